The van der Waals surface area contributed by atoms with Gasteiger partial charge in [-0.05, 0) is 74.6 Å². The van der Waals surface area contributed by atoms with Crippen LogP contribution in [0.4, 0.5) is 18.9 Å². The number of benzene rings is 1. The Labute approximate surface area is 184 Å². The quantitative estimate of drug-likeness (QED) is 0.562. The predicted molar refractivity (Wildman–Crippen MR) is 120 cm³/mol. The van der Waals surface area contributed by atoms with Crippen molar-refractivity contribution in [3.63, 3.8) is 0 Å². The molecule has 0 amide bonds. The van der Waals surface area contributed by atoms with Crippen LogP contribution in [0.25, 0.3) is 0 Å². The molecule has 1 aromatic carbocycles. The fraction of sp³-hybridized carbons (Fsp3) is 0.739. The third-order valence-electron chi connectivity index (χ3n) is 6.34. The van der Waals surface area contributed by atoms with Gasteiger partial charge < -0.3 is 14.9 Å². The molecule has 1 N–H and O–H groups in total. The number of aliphatic hydroxyl groups is 1. The summed E-state index contributed by atoms with van der Waals surface area (Å²) >= 11 is 1.60. The Hall–Kier alpha value is -0.920. The van der Waals surface area contributed by atoms with E-state index in [4.69, 9.17) is 5.11 Å². The van der Waals surface area contributed by atoms with Gasteiger partial charge in [-0.25, -0.2) is 0 Å². The van der Waals surface area contributed by atoms with Crippen LogP contribution in [0.5, 0.6) is 0 Å². The number of anilines is 1. The van der Waals surface area contributed by atoms with E-state index >= 15 is 0 Å². The molecule has 0 spiro atoms. The van der Waals surface area contributed by atoms with E-state index in [1.54, 1.807) is 23.9 Å². The number of nitrogens with zero attached hydrogens (tertiary/aromatic N) is 2. The van der Waals surface area contributed by atoms with Crippen LogP contribution in [-0.4, -0.2) is 55.6 Å². The van der Waals surface area contributed by atoms with Gasteiger partial charge in [-0.3, -0.25) is 0 Å². The van der Waals surface area contributed by atoms with Gasteiger partial charge in [-0.15, -0.1) is 11.8 Å². The summed E-state index contributed by atoms with van der Waals surface area (Å²) in [6.45, 7) is 9.23. The highest BCUT2D eigenvalue weighted by atomic mass is 32.2. The van der Waals surface area contributed by atoms with E-state index in [-0.39, 0.29) is 0 Å². The summed E-state index contributed by atoms with van der Waals surface area (Å²) in [7, 11) is 1.00. The lowest BCUT2D eigenvalue weighted by atomic mass is 9.91. The molecule has 1 aromatic rings. The van der Waals surface area contributed by atoms with Crippen LogP contribution in [0, 0.1) is 11.8 Å². The smallest absolute Gasteiger partial charge is 0.400 e. The van der Waals surface area contributed by atoms with Gasteiger partial charge >= 0.3 is 6.18 Å². The Kier molecular flexibility index (Phi) is 10.3. The number of thioether (sulfide) groups is 1. The van der Waals surface area contributed by atoms with Crippen LogP contribution in [0.3, 0.4) is 0 Å². The third kappa shape index (κ3) is 7.06. The van der Waals surface area contributed by atoms with Crippen molar-refractivity contribution in [1.82, 2.24) is 4.90 Å². The van der Waals surface area contributed by atoms with Crippen molar-refractivity contribution in [2.45, 2.75) is 57.0 Å². The second-order valence-corrected chi connectivity index (χ2v) is 9.53. The molecule has 30 heavy (non-hydrogen) atoms. The van der Waals surface area contributed by atoms with Gasteiger partial charge in [0, 0.05) is 31.6 Å². The van der Waals surface area contributed by atoms with Crippen molar-refractivity contribution in [1.29, 1.82) is 0 Å². The van der Waals surface area contributed by atoms with E-state index in [1.165, 1.54) is 38.4 Å². The number of rotatable bonds is 6. The largest absolute Gasteiger partial charge is 0.418 e. The van der Waals surface area contributed by atoms with Crippen LogP contribution in [0.15, 0.2) is 23.1 Å². The van der Waals surface area contributed by atoms with Gasteiger partial charge in [0.25, 0.3) is 0 Å². The molecule has 2 saturated heterocycles. The number of hydrogen-bond donors (Lipinski definition) is 1. The third-order valence-corrected chi connectivity index (χ3v) is 7.22. The van der Waals surface area contributed by atoms with Gasteiger partial charge in [0.1, 0.15) is 0 Å². The molecule has 0 aliphatic carbocycles. The summed E-state index contributed by atoms with van der Waals surface area (Å²) in [5.41, 5.74) is -0.124. The van der Waals surface area contributed by atoms with Gasteiger partial charge in [-0.1, -0.05) is 20.3 Å². The first-order valence-corrected chi connectivity index (χ1v) is 12.1. The zero-order chi connectivity index (χ0) is 22.1. The first-order chi connectivity index (χ1) is 14.4. The summed E-state index contributed by atoms with van der Waals surface area (Å²) in [4.78, 5) is 5.46. The predicted octanol–water partition coefficient (Wildman–Crippen LogP) is 5.76. The van der Waals surface area contributed by atoms with Crippen LogP contribution in [0.1, 0.15) is 51.5 Å². The van der Waals surface area contributed by atoms with E-state index in [9.17, 15) is 13.2 Å². The lowest BCUT2D eigenvalue weighted by molar-refractivity contribution is -0.137. The first-order valence-electron chi connectivity index (χ1n) is 11.2. The average molecular weight is 447 g/mol. The van der Waals surface area contributed by atoms with Crippen molar-refractivity contribution in [3.8, 4) is 0 Å². The SMILES string of the molecule is CCSc1ccc(C(F)(F)F)c(N2CCC(CN3CCC(CC)CC3)CC2)c1.CO. The maximum Gasteiger partial charge on any atom is 0.418 e. The van der Waals surface area contributed by atoms with Crippen molar-refractivity contribution < 1.29 is 18.3 Å². The molecule has 0 bridgehead atoms. The molecule has 2 aliphatic heterocycles. The maximum absolute atomic E-state index is 13.5. The second-order valence-electron chi connectivity index (χ2n) is 8.19. The minimum absolute atomic E-state index is 0.369. The number of aliphatic hydroxyl groups excluding tert-OH is 1. The molecule has 3 rings (SSSR count). The summed E-state index contributed by atoms with van der Waals surface area (Å²) in [5.74, 6) is 2.35. The van der Waals surface area contributed by atoms with Crippen molar-refractivity contribution >= 4 is 17.4 Å². The highest BCUT2D eigenvalue weighted by molar-refractivity contribution is 7.99. The Morgan fingerprint density at radius 3 is 2.10 bits per heavy atom. The van der Waals surface area contributed by atoms with Gasteiger partial charge in [0.05, 0.1) is 11.3 Å². The molecule has 2 heterocycles. The fourth-order valence-corrected chi connectivity index (χ4v) is 5.26. The standard InChI is InChI=1S/C22H33F3N2S.CH4O/c1-3-17-7-11-26(12-8-17)16-18-9-13-27(14-10-18)21-15-19(28-4-2)5-6-20(21)22(23,24)25;1-2/h5-6,15,17-18H,3-4,7-14,16H2,1-2H3;2H,1H3. The molecule has 3 nitrogen and oxygen atoms in total. The average Bonchev–Trinajstić information content (AvgIpc) is 2.76. The molecule has 0 radical (unpaired) electrons. The molecule has 0 saturated carbocycles. The number of halogens is 3. The van der Waals surface area contributed by atoms with Gasteiger partial charge in [0.15, 0.2) is 0 Å². The highest BCUT2D eigenvalue weighted by Crippen LogP contribution is 2.40. The summed E-state index contributed by atoms with van der Waals surface area (Å²) in [6.07, 6.45) is 1.54. The number of piperidine rings is 2. The minimum Gasteiger partial charge on any atom is -0.400 e. The lowest BCUT2D eigenvalue weighted by Gasteiger charge is -2.39. The number of likely N-dealkylation sites (tertiary alicyclic amines) is 1. The topological polar surface area (TPSA) is 26.7 Å². The minimum atomic E-state index is -4.30. The van der Waals surface area contributed by atoms with E-state index < -0.39 is 11.7 Å². The summed E-state index contributed by atoms with van der Waals surface area (Å²) < 4.78 is 40.6. The normalized spacial score (nSPS) is 19.5. The van der Waals surface area contributed by atoms with Crippen molar-refractivity contribution in [3.05, 3.63) is 23.8 Å². The Bertz CT molecular complexity index is 625. The molecule has 172 valence electrons. The Balaban J connectivity index is 0.00000155. The number of alkyl halides is 3. The summed E-state index contributed by atoms with van der Waals surface area (Å²) in [5, 5.41) is 7.00. The Morgan fingerprint density at radius 1 is 0.967 bits per heavy atom. The van der Waals surface area contributed by atoms with Crippen LogP contribution < -0.4 is 4.90 Å². The molecule has 0 unspecified atom stereocenters. The zero-order valence-corrected chi connectivity index (χ0v) is 19.4. The molecule has 2 aliphatic rings. The first kappa shape index (κ1) is 25.3. The van der Waals surface area contributed by atoms with Crippen molar-refractivity contribution in [2.24, 2.45) is 11.8 Å². The van der Waals surface area contributed by atoms with Crippen LogP contribution in [-0.2, 0) is 6.18 Å². The fourth-order valence-electron chi connectivity index (χ4n) is 4.57. The zero-order valence-electron chi connectivity index (χ0n) is 18.5. The van der Waals surface area contributed by atoms with Crippen molar-refractivity contribution in [2.75, 3.05) is 50.5 Å². The number of hydrogen-bond acceptors (Lipinski definition) is 4. The summed E-state index contributed by atoms with van der Waals surface area (Å²) in [6, 6.07) is 4.61. The van der Waals surface area contributed by atoms with Crippen LogP contribution >= 0.6 is 11.8 Å². The molecule has 7 heteroatoms. The lowest BCUT2D eigenvalue weighted by Crippen LogP contribution is -2.42. The molecular weight excluding hydrogens is 409 g/mol. The Morgan fingerprint density at radius 2 is 1.57 bits per heavy atom. The van der Waals surface area contributed by atoms with Crippen LogP contribution in [0.2, 0.25) is 0 Å². The van der Waals surface area contributed by atoms with E-state index in [1.807, 2.05) is 11.8 Å². The van der Waals surface area contributed by atoms with E-state index in [2.05, 4.69) is 11.8 Å². The van der Waals surface area contributed by atoms with E-state index in [0.29, 0.717) is 11.6 Å². The molecular formula is C23H37F3N2OS. The molecule has 0 aromatic heterocycles. The maximum atomic E-state index is 13.5. The second kappa shape index (κ2) is 12.2. The monoisotopic (exact) mass is 446 g/mol. The van der Waals surface area contributed by atoms with E-state index in [0.717, 1.165) is 56.2 Å². The van der Waals surface area contributed by atoms with Gasteiger partial charge in [-0.2, -0.15) is 13.2 Å². The molecule has 0 atom stereocenters. The highest BCUT2D eigenvalue weighted by Gasteiger charge is 2.36. The van der Waals surface area contributed by atoms with Gasteiger partial charge in [0.2, 0.25) is 0 Å². The molecule has 2 fully saturated rings.